The van der Waals surface area contributed by atoms with Crippen LogP contribution in [-0.4, -0.2) is 70.8 Å². The summed E-state index contributed by atoms with van der Waals surface area (Å²) in [5, 5.41) is 5.19. The molecule has 2 heterocycles. The molecule has 12 heteroatoms. The number of methoxy groups -OCH3 is 2. The second-order valence-electron chi connectivity index (χ2n) is 14.7. The zero-order valence-corrected chi connectivity index (χ0v) is 30.9. The van der Waals surface area contributed by atoms with Crippen molar-refractivity contribution >= 4 is 30.9 Å². The molecule has 0 bridgehead atoms. The maximum atomic E-state index is 13.0. The van der Waals surface area contributed by atoms with E-state index in [4.69, 9.17) is 23.7 Å². The number of azide groups is 1. The maximum Gasteiger partial charge on any atom is 0.332 e. The van der Waals surface area contributed by atoms with Crippen molar-refractivity contribution in [2.75, 3.05) is 34.0 Å². The lowest BCUT2D eigenvalue weighted by Gasteiger charge is -2.33. The summed E-state index contributed by atoms with van der Waals surface area (Å²) in [5.74, 6) is -1.08. The summed E-state index contributed by atoms with van der Waals surface area (Å²) in [4.78, 5) is 28.8. The monoisotopic (exact) mass is 672 g/mol. The predicted molar refractivity (Wildman–Crippen MR) is 186 cm³/mol. The lowest BCUT2D eigenvalue weighted by Crippen LogP contribution is -2.33. The summed E-state index contributed by atoms with van der Waals surface area (Å²) >= 11 is 0. The van der Waals surface area contributed by atoms with Gasteiger partial charge in [-0.25, -0.2) is 4.79 Å². The van der Waals surface area contributed by atoms with Crippen molar-refractivity contribution in [1.82, 2.24) is 4.57 Å². The molecule has 11 nitrogen and oxygen atoms in total. The van der Waals surface area contributed by atoms with Crippen LogP contribution >= 0.6 is 0 Å². The summed E-state index contributed by atoms with van der Waals surface area (Å²) in [6.45, 7) is 16.8. The highest BCUT2D eigenvalue weighted by Gasteiger charge is 2.42. The molecule has 0 aliphatic carbocycles. The number of carbonyl (C=O) groups is 2. The number of hydrogen-bond acceptors (Lipinski definition) is 8. The Kier molecular flexibility index (Phi) is 14.8. The second kappa shape index (κ2) is 18.0. The van der Waals surface area contributed by atoms with Crippen LogP contribution < -0.4 is 0 Å². The van der Waals surface area contributed by atoms with Gasteiger partial charge in [0.05, 0.1) is 17.5 Å². The quantitative estimate of drug-likeness (QED) is 0.0351. The first-order chi connectivity index (χ1) is 22.3. The fraction of sp³-hybridized carbons (Fsp3) is 0.714. The molecule has 0 radical (unpaired) electrons. The lowest BCUT2D eigenvalue weighted by molar-refractivity contribution is -0.158. The zero-order valence-electron chi connectivity index (χ0n) is 29.9. The molecule has 5 unspecified atom stereocenters. The van der Waals surface area contributed by atoms with Crippen LogP contribution in [-0.2, 0) is 46.4 Å². The van der Waals surface area contributed by atoms with Crippen molar-refractivity contribution < 1.29 is 33.3 Å². The predicted octanol–water partition coefficient (Wildman–Crippen LogP) is 7.69. The van der Waals surface area contributed by atoms with E-state index in [1.165, 1.54) is 12.7 Å². The highest BCUT2D eigenvalue weighted by Crippen LogP contribution is 2.40. The van der Waals surface area contributed by atoms with E-state index in [0.717, 1.165) is 42.0 Å². The first kappa shape index (κ1) is 38.6. The Morgan fingerprint density at radius 1 is 1.15 bits per heavy atom. The minimum atomic E-state index is -1.21. The molecular weight excluding hydrogens is 616 g/mol. The standard InChI is InChI=1S/C35H56N4O7Si/c1-23(2)27(18-30(37-38-36)32-19-28(24(3)4)35(41)45-32)34(46-33(40)21-43-6)25-12-13-31-29(17-25)26(11-10-14-42-5)20-39(31)22-44-15-16-47(7,8)9/h12-13,17,20,23-24,27-28,30,32,34H,10-11,14-16,18-19,21-22H2,1-9H3. The molecular formula is C35H56N4O7Si. The second-order valence-corrected chi connectivity index (χ2v) is 20.3. The maximum absolute atomic E-state index is 13.0. The largest absolute Gasteiger partial charge is 0.462 e. The third-order valence-electron chi connectivity index (χ3n) is 9.11. The number of ether oxygens (including phenoxy) is 5. The van der Waals surface area contributed by atoms with Crippen molar-refractivity contribution in [2.24, 2.45) is 28.8 Å². The van der Waals surface area contributed by atoms with Gasteiger partial charge in [-0.3, -0.25) is 4.79 Å². The SMILES string of the molecule is COCCCc1cn(COCC[Si](C)(C)C)c2ccc(C(OC(=O)COC)C(CC(N=[N+]=[N-])C3CC(C(C)C)C(=O)O3)C(C)C)cc12. The number of benzene rings is 1. The van der Waals surface area contributed by atoms with Crippen LogP contribution in [0.15, 0.2) is 29.5 Å². The third kappa shape index (κ3) is 11.1. The van der Waals surface area contributed by atoms with Crippen LogP contribution in [0.3, 0.4) is 0 Å². The molecule has 3 rings (SSSR count). The summed E-state index contributed by atoms with van der Waals surface area (Å²) < 4.78 is 30.7. The van der Waals surface area contributed by atoms with Gasteiger partial charge in [0.2, 0.25) is 0 Å². The Balaban J connectivity index is 2.02. The fourth-order valence-electron chi connectivity index (χ4n) is 6.29. The van der Waals surface area contributed by atoms with E-state index in [1.54, 1.807) is 7.11 Å². The third-order valence-corrected chi connectivity index (χ3v) is 10.8. The van der Waals surface area contributed by atoms with Gasteiger partial charge in [0.15, 0.2) is 0 Å². The van der Waals surface area contributed by atoms with Crippen molar-refractivity contribution in [2.45, 2.75) is 104 Å². The summed E-state index contributed by atoms with van der Waals surface area (Å²) in [7, 11) is 1.95. The number of aryl methyl sites for hydroxylation is 1. The van der Waals surface area contributed by atoms with E-state index >= 15 is 0 Å². The highest BCUT2D eigenvalue weighted by atomic mass is 28.3. The number of aromatic nitrogens is 1. The molecule has 47 heavy (non-hydrogen) atoms. The number of fused-ring (bicyclic) bond motifs is 1. The number of nitrogens with zero attached hydrogens (tertiary/aromatic N) is 4. The van der Waals surface area contributed by atoms with E-state index in [0.29, 0.717) is 26.2 Å². The Bertz CT molecular complexity index is 1370. The molecule has 1 aliphatic rings. The number of carbonyl (C=O) groups excluding carboxylic acids is 2. The van der Waals surface area contributed by atoms with Crippen LogP contribution in [0.1, 0.15) is 64.2 Å². The molecule has 1 aromatic carbocycles. The average molecular weight is 673 g/mol. The van der Waals surface area contributed by atoms with E-state index in [-0.39, 0.29) is 36.2 Å². The summed E-state index contributed by atoms with van der Waals surface area (Å²) in [6.07, 6.45) is 3.51. The highest BCUT2D eigenvalue weighted by molar-refractivity contribution is 6.76. The molecule has 0 spiro atoms. The first-order valence-corrected chi connectivity index (χ1v) is 20.6. The van der Waals surface area contributed by atoms with E-state index < -0.39 is 32.3 Å². The van der Waals surface area contributed by atoms with E-state index in [9.17, 15) is 15.1 Å². The van der Waals surface area contributed by atoms with Gasteiger partial charge < -0.3 is 28.3 Å². The van der Waals surface area contributed by atoms with Gasteiger partial charge in [-0.2, -0.15) is 0 Å². The first-order valence-electron chi connectivity index (χ1n) is 16.9. The Morgan fingerprint density at radius 2 is 1.89 bits per heavy atom. The van der Waals surface area contributed by atoms with Crippen LogP contribution in [0.4, 0.5) is 0 Å². The van der Waals surface area contributed by atoms with Gasteiger partial charge in [-0.15, -0.1) is 0 Å². The molecule has 0 amide bonds. The van der Waals surface area contributed by atoms with E-state index in [2.05, 4.69) is 66.4 Å². The van der Waals surface area contributed by atoms with Gasteiger partial charge in [-0.05, 0) is 72.4 Å². The minimum absolute atomic E-state index is 0.0333. The van der Waals surface area contributed by atoms with Crippen molar-refractivity contribution in [3.05, 3.63) is 46.0 Å². The number of cyclic esters (lactones) is 1. The molecule has 0 saturated carbocycles. The Morgan fingerprint density at radius 3 is 2.49 bits per heavy atom. The van der Waals surface area contributed by atoms with Gasteiger partial charge in [0.25, 0.3) is 0 Å². The van der Waals surface area contributed by atoms with Gasteiger partial charge in [0.1, 0.15) is 25.5 Å². The molecule has 2 aromatic rings. The van der Waals surface area contributed by atoms with Gasteiger partial charge in [-0.1, -0.05) is 58.5 Å². The van der Waals surface area contributed by atoms with Gasteiger partial charge >= 0.3 is 11.9 Å². The number of rotatable bonds is 20. The molecule has 1 aromatic heterocycles. The lowest BCUT2D eigenvalue weighted by atomic mass is 9.79. The van der Waals surface area contributed by atoms with Crippen LogP contribution in [0.5, 0.6) is 0 Å². The number of hydrogen-bond donors (Lipinski definition) is 0. The van der Waals surface area contributed by atoms with Crippen LogP contribution in [0, 0.1) is 23.7 Å². The molecule has 1 fully saturated rings. The Hall–Kier alpha value is -2.89. The molecule has 262 valence electrons. The topological polar surface area (TPSA) is 134 Å². The fourth-order valence-corrected chi connectivity index (χ4v) is 7.05. The molecule has 5 atom stereocenters. The van der Waals surface area contributed by atoms with Crippen molar-refractivity contribution in [3.8, 4) is 0 Å². The van der Waals surface area contributed by atoms with Crippen LogP contribution in [0.25, 0.3) is 21.3 Å². The zero-order chi connectivity index (χ0) is 34.7. The molecule has 1 saturated heterocycles. The Labute approximate surface area is 281 Å². The minimum Gasteiger partial charge on any atom is -0.462 e. The molecule has 1 aliphatic heterocycles. The van der Waals surface area contributed by atoms with Crippen LogP contribution in [0.2, 0.25) is 25.7 Å². The summed E-state index contributed by atoms with van der Waals surface area (Å²) in [5.41, 5.74) is 12.6. The van der Waals surface area contributed by atoms with Crippen molar-refractivity contribution in [3.63, 3.8) is 0 Å². The summed E-state index contributed by atoms with van der Waals surface area (Å²) in [6, 6.07) is 6.68. The van der Waals surface area contributed by atoms with Gasteiger partial charge in [0, 0.05) is 57.9 Å². The number of esters is 2. The normalized spacial score (nSPS) is 18.7. The smallest absolute Gasteiger partial charge is 0.332 e. The molecule has 0 N–H and O–H groups in total. The van der Waals surface area contributed by atoms with E-state index in [1.807, 2.05) is 19.9 Å². The average Bonchev–Trinajstić information content (AvgIpc) is 3.56. The van der Waals surface area contributed by atoms with Crippen molar-refractivity contribution in [1.29, 1.82) is 0 Å².